The molecule has 2 rings (SSSR count). The molecule has 1 aromatic carbocycles. The van der Waals surface area contributed by atoms with Crippen LogP contribution in [0.4, 0.5) is 4.39 Å². The Morgan fingerprint density at radius 2 is 1.95 bits per heavy atom. The highest BCUT2D eigenvalue weighted by Gasteiger charge is 2.19. The molecule has 104 valence electrons. The lowest BCUT2D eigenvalue weighted by atomic mass is 10.1. The summed E-state index contributed by atoms with van der Waals surface area (Å²) < 4.78 is 14.7. The number of benzene rings is 1. The van der Waals surface area contributed by atoms with Crippen LogP contribution in [-0.2, 0) is 4.79 Å². The molecule has 0 unspecified atom stereocenters. The third-order valence-electron chi connectivity index (χ3n) is 2.61. The summed E-state index contributed by atoms with van der Waals surface area (Å²) in [6.07, 6.45) is 0. The predicted molar refractivity (Wildman–Crippen MR) is 72.7 cm³/mol. The number of nitrogens with two attached hydrogens (primary N) is 1. The Bertz CT molecular complexity index is 669. The van der Waals surface area contributed by atoms with Gasteiger partial charge in [0.25, 0.3) is 5.91 Å². The first-order chi connectivity index (χ1) is 9.54. The molecular weight excluding hydrogens is 285 g/mol. The first-order valence-corrected chi connectivity index (χ1v) is 6.08. The summed E-state index contributed by atoms with van der Waals surface area (Å²) in [6.45, 7) is -0.262. The fourth-order valence-electron chi connectivity index (χ4n) is 1.66. The molecular formula is C13H11ClFN3O2. The zero-order chi connectivity index (χ0) is 14.7. The number of rotatable bonds is 4. The molecule has 7 heteroatoms. The second kappa shape index (κ2) is 5.85. The number of nitrogens with zero attached hydrogens (tertiary/aromatic N) is 1. The molecule has 5 nitrogen and oxygen atoms in total. The van der Waals surface area contributed by atoms with Gasteiger partial charge in [-0.3, -0.25) is 15.0 Å². The van der Waals surface area contributed by atoms with E-state index in [1.807, 2.05) is 0 Å². The van der Waals surface area contributed by atoms with Gasteiger partial charge in [-0.2, -0.15) is 0 Å². The second-order valence-electron chi connectivity index (χ2n) is 3.92. The fourth-order valence-corrected chi connectivity index (χ4v) is 1.85. The fraction of sp³-hybridized carbons (Fsp3) is 0.0769. The number of hydrogen-bond acceptors (Lipinski definition) is 3. The van der Waals surface area contributed by atoms with Crippen molar-refractivity contribution >= 4 is 23.3 Å². The van der Waals surface area contributed by atoms with Crippen molar-refractivity contribution in [2.24, 2.45) is 5.73 Å². The molecule has 0 aliphatic carbocycles. The van der Waals surface area contributed by atoms with E-state index in [1.165, 1.54) is 30.3 Å². The van der Waals surface area contributed by atoms with Gasteiger partial charge in [-0.05, 0) is 24.3 Å². The number of ketones is 1. The summed E-state index contributed by atoms with van der Waals surface area (Å²) in [5.74, 6) is -1.76. The minimum absolute atomic E-state index is 0.0434. The summed E-state index contributed by atoms with van der Waals surface area (Å²) in [4.78, 5) is 23.6. The molecule has 1 heterocycles. The van der Waals surface area contributed by atoms with E-state index in [2.05, 4.69) is 5.43 Å². The molecule has 0 aliphatic heterocycles. The summed E-state index contributed by atoms with van der Waals surface area (Å²) in [7, 11) is 0. The van der Waals surface area contributed by atoms with E-state index in [9.17, 15) is 14.0 Å². The van der Waals surface area contributed by atoms with Crippen LogP contribution in [0, 0.1) is 5.82 Å². The van der Waals surface area contributed by atoms with E-state index in [1.54, 1.807) is 6.07 Å². The largest absolute Gasteiger partial charge is 0.322 e. The van der Waals surface area contributed by atoms with Crippen LogP contribution < -0.4 is 11.2 Å². The smallest absolute Gasteiger partial charge is 0.252 e. The van der Waals surface area contributed by atoms with Crippen LogP contribution in [0.3, 0.4) is 0 Å². The first-order valence-electron chi connectivity index (χ1n) is 5.71. The average Bonchev–Trinajstić information content (AvgIpc) is 2.80. The molecule has 1 amide bonds. The van der Waals surface area contributed by atoms with E-state index in [-0.39, 0.29) is 23.0 Å². The highest BCUT2D eigenvalue weighted by Crippen LogP contribution is 2.18. The van der Waals surface area contributed by atoms with Crippen LogP contribution in [0.1, 0.15) is 16.1 Å². The van der Waals surface area contributed by atoms with E-state index in [0.717, 1.165) is 4.68 Å². The van der Waals surface area contributed by atoms with Crippen LogP contribution in [0.2, 0.25) is 5.15 Å². The van der Waals surface area contributed by atoms with Gasteiger partial charge >= 0.3 is 0 Å². The SMILES string of the molecule is NCC(=O)Nn1c(Cl)ccc1C(=O)c1ccccc1F. The molecule has 0 saturated heterocycles. The van der Waals surface area contributed by atoms with Crippen molar-refractivity contribution in [3.05, 3.63) is 58.6 Å². The Labute approximate surface area is 119 Å². The zero-order valence-electron chi connectivity index (χ0n) is 10.3. The minimum atomic E-state index is -0.647. The van der Waals surface area contributed by atoms with E-state index >= 15 is 0 Å². The van der Waals surface area contributed by atoms with Crippen LogP contribution >= 0.6 is 11.6 Å². The van der Waals surface area contributed by atoms with Crippen molar-refractivity contribution in [3.63, 3.8) is 0 Å². The van der Waals surface area contributed by atoms with Crippen molar-refractivity contribution in [3.8, 4) is 0 Å². The van der Waals surface area contributed by atoms with Gasteiger partial charge in [-0.1, -0.05) is 23.7 Å². The van der Waals surface area contributed by atoms with Gasteiger partial charge in [0.1, 0.15) is 16.7 Å². The van der Waals surface area contributed by atoms with E-state index < -0.39 is 17.5 Å². The Morgan fingerprint density at radius 1 is 1.25 bits per heavy atom. The number of carbonyl (C=O) groups excluding carboxylic acids is 2. The number of aromatic nitrogens is 1. The Balaban J connectivity index is 2.41. The lowest BCUT2D eigenvalue weighted by Crippen LogP contribution is -2.31. The molecule has 20 heavy (non-hydrogen) atoms. The number of nitrogens with one attached hydrogen (secondary N) is 1. The van der Waals surface area contributed by atoms with Gasteiger partial charge in [-0.25, -0.2) is 9.07 Å². The quantitative estimate of drug-likeness (QED) is 0.840. The number of hydrogen-bond donors (Lipinski definition) is 2. The molecule has 1 aromatic heterocycles. The standard InChI is InChI=1S/C13H11ClFN3O2/c14-11-6-5-10(18(11)17-12(19)7-16)13(20)8-3-1-2-4-9(8)15/h1-6H,7,16H2,(H,17,19). The summed E-state index contributed by atoms with van der Waals surface area (Å²) in [6, 6.07) is 8.38. The monoisotopic (exact) mass is 295 g/mol. The van der Waals surface area contributed by atoms with Gasteiger partial charge in [0.2, 0.25) is 5.78 Å². The molecule has 3 N–H and O–H groups in total. The molecule has 0 fully saturated rings. The third kappa shape index (κ3) is 2.71. The molecule has 0 spiro atoms. The van der Waals surface area contributed by atoms with Crippen molar-refractivity contribution in [2.45, 2.75) is 0 Å². The minimum Gasteiger partial charge on any atom is -0.322 e. The topological polar surface area (TPSA) is 77.1 Å². The van der Waals surface area contributed by atoms with Crippen molar-refractivity contribution in [2.75, 3.05) is 12.0 Å². The van der Waals surface area contributed by atoms with E-state index in [0.29, 0.717) is 0 Å². The van der Waals surface area contributed by atoms with Crippen LogP contribution in [-0.4, -0.2) is 22.9 Å². The Hall–Kier alpha value is -2.18. The van der Waals surface area contributed by atoms with Crippen molar-refractivity contribution in [1.29, 1.82) is 0 Å². The summed E-state index contributed by atoms with van der Waals surface area (Å²) in [5.41, 5.74) is 7.48. The third-order valence-corrected chi connectivity index (χ3v) is 2.90. The predicted octanol–water partition coefficient (Wildman–Crippen LogP) is 1.54. The molecule has 0 radical (unpaired) electrons. The zero-order valence-corrected chi connectivity index (χ0v) is 11.0. The Kier molecular flexibility index (Phi) is 4.16. The molecule has 0 atom stereocenters. The summed E-state index contributed by atoms with van der Waals surface area (Å²) in [5, 5.41) is 0.117. The second-order valence-corrected chi connectivity index (χ2v) is 4.31. The number of halogens is 2. The lowest BCUT2D eigenvalue weighted by Gasteiger charge is -2.11. The van der Waals surface area contributed by atoms with Gasteiger partial charge in [0.05, 0.1) is 12.1 Å². The van der Waals surface area contributed by atoms with Crippen molar-refractivity contribution < 1.29 is 14.0 Å². The maximum atomic E-state index is 13.6. The maximum absolute atomic E-state index is 13.6. The van der Waals surface area contributed by atoms with Gasteiger partial charge < -0.3 is 5.73 Å². The van der Waals surface area contributed by atoms with Crippen LogP contribution in [0.5, 0.6) is 0 Å². The molecule has 2 aromatic rings. The molecule has 0 bridgehead atoms. The van der Waals surface area contributed by atoms with Crippen molar-refractivity contribution in [1.82, 2.24) is 4.68 Å². The first kappa shape index (κ1) is 14.2. The molecule has 0 saturated carbocycles. The van der Waals surface area contributed by atoms with Crippen LogP contribution in [0.15, 0.2) is 36.4 Å². The average molecular weight is 296 g/mol. The molecule has 0 aliphatic rings. The number of carbonyl (C=O) groups is 2. The van der Waals surface area contributed by atoms with Gasteiger partial charge in [0.15, 0.2) is 0 Å². The highest BCUT2D eigenvalue weighted by atomic mass is 35.5. The van der Waals surface area contributed by atoms with Gasteiger partial charge in [0, 0.05) is 0 Å². The number of amides is 1. The normalized spacial score (nSPS) is 10.3. The lowest BCUT2D eigenvalue weighted by molar-refractivity contribution is -0.115. The van der Waals surface area contributed by atoms with E-state index in [4.69, 9.17) is 17.3 Å². The summed E-state index contributed by atoms with van der Waals surface area (Å²) >= 11 is 5.88. The Morgan fingerprint density at radius 3 is 2.60 bits per heavy atom. The van der Waals surface area contributed by atoms with Crippen LogP contribution in [0.25, 0.3) is 0 Å². The van der Waals surface area contributed by atoms with Gasteiger partial charge in [-0.15, -0.1) is 0 Å². The maximum Gasteiger partial charge on any atom is 0.252 e. The highest BCUT2D eigenvalue weighted by molar-refractivity contribution is 6.30.